The maximum atomic E-state index is 5.81. The van der Waals surface area contributed by atoms with E-state index in [1.165, 1.54) is 0 Å². The van der Waals surface area contributed by atoms with Crippen molar-refractivity contribution in [3.8, 4) is 0 Å². The van der Waals surface area contributed by atoms with Crippen LogP contribution in [0.1, 0.15) is 5.82 Å². The largest absolute Gasteiger partial charge is 0.384 e. The minimum atomic E-state index is 0.395. The molecule has 1 heterocycles. The summed E-state index contributed by atoms with van der Waals surface area (Å²) >= 11 is 13.6. The van der Waals surface area contributed by atoms with E-state index in [9.17, 15) is 0 Å². The van der Waals surface area contributed by atoms with E-state index in [-0.39, 0.29) is 0 Å². The summed E-state index contributed by atoms with van der Waals surface area (Å²) in [6.45, 7) is 0.563. The van der Waals surface area contributed by atoms with E-state index < -0.39 is 0 Å². The van der Waals surface area contributed by atoms with Gasteiger partial charge in [-0.15, -0.1) is 0 Å². The first-order valence-electron chi connectivity index (χ1n) is 3.51. The van der Waals surface area contributed by atoms with Crippen LogP contribution >= 0.6 is 45.8 Å². The lowest BCUT2D eigenvalue weighted by molar-refractivity contribution is 0.200. The third-order valence-electron chi connectivity index (χ3n) is 1.35. The van der Waals surface area contributed by atoms with Crippen LogP contribution < -0.4 is 0 Å². The second kappa shape index (κ2) is 5.29. The van der Waals surface area contributed by atoms with E-state index in [2.05, 4.69) is 9.97 Å². The number of hydrogen-bond acceptors (Lipinski definition) is 3. The van der Waals surface area contributed by atoms with E-state index in [1.54, 1.807) is 7.11 Å². The normalized spacial score (nSPS) is 10.5. The topological polar surface area (TPSA) is 35.0 Å². The van der Waals surface area contributed by atoms with Gasteiger partial charge in [0.05, 0.1) is 10.2 Å². The molecule has 0 radical (unpaired) electrons. The number of ether oxygens (including phenoxy) is 1. The van der Waals surface area contributed by atoms with Gasteiger partial charge >= 0.3 is 0 Å². The standard InChI is InChI=1S/C7H7Cl2IN2O/c1-13-3-2-4-11-6(8)5(10)7(9)12-4/h2-3H2,1H3. The van der Waals surface area contributed by atoms with Crippen LogP contribution in [0.15, 0.2) is 0 Å². The summed E-state index contributed by atoms with van der Waals surface area (Å²) in [6, 6.07) is 0. The lowest BCUT2D eigenvalue weighted by atomic mass is 10.4. The van der Waals surface area contributed by atoms with Crippen molar-refractivity contribution in [2.45, 2.75) is 6.42 Å². The number of nitrogens with zero attached hydrogens (tertiary/aromatic N) is 2. The predicted octanol–water partition coefficient (Wildman–Crippen LogP) is 2.58. The molecular weight excluding hydrogens is 326 g/mol. The Hall–Kier alpha value is 0.350. The van der Waals surface area contributed by atoms with Crippen LogP contribution in [0, 0.1) is 3.57 Å². The van der Waals surface area contributed by atoms with Crippen LogP contribution in [0.3, 0.4) is 0 Å². The molecule has 0 aliphatic rings. The molecule has 13 heavy (non-hydrogen) atoms. The van der Waals surface area contributed by atoms with Crippen molar-refractivity contribution < 1.29 is 4.74 Å². The Balaban J connectivity index is 2.86. The molecule has 0 aliphatic heterocycles. The number of aromatic nitrogens is 2. The summed E-state index contributed by atoms with van der Waals surface area (Å²) in [5.41, 5.74) is 0. The van der Waals surface area contributed by atoms with Crippen LogP contribution in [-0.4, -0.2) is 23.7 Å². The summed E-state index contributed by atoms with van der Waals surface area (Å²) in [5.74, 6) is 0.609. The Morgan fingerprint density at radius 1 is 1.31 bits per heavy atom. The first kappa shape index (κ1) is 11.4. The zero-order valence-corrected chi connectivity index (χ0v) is 10.5. The first-order chi connectivity index (χ1) is 6.15. The van der Waals surface area contributed by atoms with E-state index in [0.29, 0.717) is 32.7 Å². The maximum Gasteiger partial charge on any atom is 0.147 e. The van der Waals surface area contributed by atoms with Gasteiger partial charge in [0.25, 0.3) is 0 Å². The van der Waals surface area contributed by atoms with Crippen molar-refractivity contribution in [3.05, 3.63) is 19.7 Å². The van der Waals surface area contributed by atoms with Gasteiger partial charge in [-0.3, -0.25) is 0 Å². The Labute approximate surface area is 99.9 Å². The molecule has 6 heteroatoms. The number of halogens is 3. The van der Waals surface area contributed by atoms with Crippen LogP contribution in [0.2, 0.25) is 10.3 Å². The van der Waals surface area contributed by atoms with Gasteiger partial charge in [-0.1, -0.05) is 23.2 Å². The molecule has 0 N–H and O–H groups in total. The number of rotatable bonds is 3. The van der Waals surface area contributed by atoms with Crippen molar-refractivity contribution >= 4 is 45.8 Å². The van der Waals surface area contributed by atoms with Gasteiger partial charge in [-0.05, 0) is 22.6 Å². The third-order valence-corrected chi connectivity index (χ3v) is 3.55. The number of hydrogen-bond donors (Lipinski definition) is 0. The fourth-order valence-electron chi connectivity index (χ4n) is 0.740. The van der Waals surface area contributed by atoms with Crippen molar-refractivity contribution in [3.63, 3.8) is 0 Å². The molecule has 0 saturated carbocycles. The SMILES string of the molecule is COCCc1nc(Cl)c(I)c(Cl)n1. The molecule has 0 atom stereocenters. The van der Waals surface area contributed by atoms with Gasteiger partial charge in [0.15, 0.2) is 0 Å². The van der Waals surface area contributed by atoms with Gasteiger partial charge in [-0.2, -0.15) is 0 Å². The molecule has 0 aliphatic carbocycles. The van der Waals surface area contributed by atoms with Crippen LogP contribution in [0.25, 0.3) is 0 Å². The van der Waals surface area contributed by atoms with Crippen molar-refractivity contribution in [2.24, 2.45) is 0 Å². The number of methoxy groups -OCH3 is 1. The van der Waals surface area contributed by atoms with Crippen LogP contribution in [0.5, 0.6) is 0 Å². The van der Waals surface area contributed by atoms with Crippen molar-refractivity contribution in [2.75, 3.05) is 13.7 Å². The lowest BCUT2D eigenvalue weighted by Crippen LogP contribution is -2.02. The Morgan fingerprint density at radius 3 is 2.31 bits per heavy atom. The third kappa shape index (κ3) is 3.19. The zero-order valence-electron chi connectivity index (χ0n) is 6.85. The highest BCUT2D eigenvalue weighted by atomic mass is 127. The average Bonchev–Trinajstić information content (AvgIpc) is 2.10. The Morgan fingerprint density at radius 2 is 1.85 bits per heavy atom. The Kier molecular flexibility index (Phi) is 4.64. The summed E-state index contributed by atoms with van der Waals surface area (Å²) in [6.07, 6.45) is 0.618. The molecule has 0 fully saturated rings. The second-order valence-corrected chi connectivity index (χ2v) is 4.07. The van der Waals surface area contributed by atoms with Crippen molar-refractivity contribution in [1.29, 1.82) is 0 Å². The van der Waals surface area contributed by atoms with Crippen molar-refractivity contribution in [1.82, 2.24) is 9.97 Å². The quantitative estimate of drug-likeness (QED) is 0.630. The molecule has 0 bridgehead atoms. The van der Waals surface area contributed by atoms with Gasteiger partial charge in [0.1, 0.15) is 16.1 Å². The molecule has 1 rings (SSSR count). The summed E-state index contributed by atoms with van der Waals surface area (Å²) < 4.78 is 5.57. The second-order valence-electron chi connectivity index (χ2n) is 2.28. The van der Waals surface area contributed by atoms with Gasteiger partial charge in [0, 0.05) is 13.5 Å². The molecule has 0 spiro atoms. The highest BCUT2D eigenvalue weighted by molar-refractivity contribution is 14.1. The molecule has 1 aromatic heterocycles. The van der Waals surface area contributed by atoms with E-state index >= 15 is 0 Å². The van der Waals surface area contributed by atoms with Gasteiger partial charge < -0.3 is 4.74 Å². The summed E-state index contributed by atoms with van der Waals surface area (Å²) in [7, 11) is 1.62. The lowest BCUT2D eigenvalue weighted by Gasteiger charge is -2.02. The zero-order chi connectivity index (χ0) is 9.84. The highest BCUT2D eigenvalue weighted by Gasteiger charge is 2.08. The Bertz CT molecular complexity index is 286. The highest BCUT2D eigenvalue weighted by Crippen LogP contribution is 2.22. The molecule has 72 valence electrons. The molecule has 0 saturated heterocycles. The monoisotopic (exact) mass is 332 g/mol. The van der Waals surface area contributed by atoms with Crippen LogP contribution in [-0.2, 0) is 11.2 Å². The smallest absolute Gasteiger partial charge is 0.147 e. The first-order valence-corrected chi connectivity index (χ1v) is 5.35. The molecule has 3 nitrogen and oxygen atoms in total. The van der Waals surface area contributed by atoms with Crippen LogP contribution in [0.4, 0.5) is 0 Å². The maximum absolute atomic E-state index is 5.81. The molecular formula is C7H7Cl2IN2O. The fourth-order valence-corrected chi connectivity index (χ4v) is 1.40. The van der Waals surface area contributed by atoms with Gasteiger partial charge in [-0.25, -0.2) is 9.97 Å². The van der Waals surface area contributed by atoms with E-state index in [0.717, 1.165) is 0 Å². The molecule has 0 amide bonds. The molecule has 1 aromatic rings. The fraction of sp³-hybridized carbons (Fsp3) is 0.429. The molecule has 0 unspecified atom stereocenters. The minimum Gasteiger partial charge on any atom is -0.384 e. The predicted molar refractivity (Wildman–Crippen MR) is 60.3 cm³/mol. The van der Waals surface area contributed by atoms with Gasteiger partial charge in [0.2, 0.25) is 0 Å². The summed E-state index contributed by atoms with van der Waals surface area (Å²) in [4.78, 5) is 8.11. The van der Waals surface area contributed by atoms with E-state index in [4.69, 9.17) is 27.9 Å². The minimum absolute atomic E-state index is 0.395. The average molecular weight is 333 g/mol. The molecule has 0 aromatic carbocycles. The van der Waals surface area contributed by atoms with E-state index in [1.807, 2.05) is 22.6 Å². The summed E-state index contributed by atoms with van der Waals surface area (Å²) in [5, 5.41) is 0.790.